The maximum atomic E-state index is 11.7. The predicted octanol–water partition coefficient (Wildman–Crippen LogP) is 0.697. The van der Waals surface area contributed by atoms with Gasteiger partial charge in [0.15, 0.2) is 0 Å². The maximum absolute atomic E-state index is 11.7. The van der Waals surface area contributed by atoms with E-state index in [1.807, 2.05) is 5.43 Å². The SMILES string of the molecule is CC1CCCC(NC(=O)CCC(=O)NN)C1C. The number of amides is 2. The molecule has 0 spiro atoms. The summed E-state index contributed by atoms with van der Waals surface area (Å²) in [5.74, 6) is 5.76. The molecule has 0 bridgehead atoms. The minimum atomic E-state index is -0.301. The Labute approximate surface area is 102 Å². The van der Waals surface area contributed by atoms with Gasteiger partial charge in [-0.15, -0.1) is 0 Å². The lowest BCUT2D eigenvalue weighted by atomic mass is 9.78. The van der Waals surface area contributed by atoms with Gasteiger partial charge in [0.2, 0.25) is 11.8 Å². The van der Waals surface area contributed by atoms with Crippen LogP contribution in [0.1, 0.15) is 46.0 Å². The van der Waals surface area contributed by atoms with Crippen LogP contribution in [0.2, 0.25) is 0 Å². The lowest BCUT2D eigenvalue weighted by Gasteiger charge is -2.34. The van der Waals surface area contributed by atoms with Crippen LogP contribution in [0.15, 0.2) is 0 Å². The lowest BCUT2D eigenvalue weighted by Crippen LogP contribution is -2.44. The Morgan fingerprint density at radius 1 is 1.18 bits per heavy atom. The quantitative estimate of drug-likeness (QED) is 0.385. The summed E-state index contributed by atoms with van der Waals surface area (Å²) >= 11 is 0. The standard InChI is InChI=1S/C12H23N3O2/c1-8-4-3-5-10(9(8)2)14-11(16)6-7-12(17)15-13/h8-10H,3-7,13H2,1-2H3,(H,14,16)(H,15,17). The molecule has 1 aliphatic carbocycles. The molecule has 1 saturated carbocycles. The first-order chi connectivity index (χ1) is 8.04. The van der Waals surface area contributed by atoms with Gasteiger partial charge in [-0.2, -0.15) is 0 Å². The van der Waals surface area contributed by atoms with Crippen molar-refractivity contribution in [3.8, 4) is 0 Å². The third-order valence-electron chi connectivity index (χ3n) is 3.79. The van der Waals surface area contributed by atoms with E-state index in [1.165, 1.54) is 12.8 Å². The topological polar surface area (TPSA) is 84.2 Å². The third kappa shape index (κ3) is 4.34. The molecule has 3 atom stereocenters. The molecule has 0 heterocycles. The minimum absolute atomic E-state index is 0.0560. The zero-order chi connectivity index (χ0) is 12.8. The summed E-state index contributed by atoms with van der Waals surface area (Å²) in [5, 5.41) is 3.02. The zero-order valence-corrected chi connectivity index (χ0v) is 10.7. The summed E-state index contributed by atoms with van der Waals surface area (Å²) < 4.78 is 0. The minimum Gasteiger partial charge on any atom is -0.353 e. The van der Waals surface area contributed by atoms with E-state index in [-0.39, 0.29) is 30.7 Å². The summed E-state index contributed by atoms with van der Waals surface area (Å²) in [6, 6.07) is 0.257. The van der Waals surface area contributed by atoms with Crippen LogP contribution in [-0.2, 0) is 9.59 Å². The highest BCUT2D eigenvalue weighted by molar-refractivity contribution is 5.83. The van der Waals surface area contributed by atoms with Crippen LogP contribution in [0.4, 0.5) is 0 Å². The second-order valence-corrected chi connectivity index (χ2v) is 5.01. The fourth-order valence-corrected chi connectivity index (χ4v) is 2.36. The van der Waals surface area contributed by atoms with E-state index in [0.29, 0.717) is 11.8 Å². The molecule has 1 fully saturated rings. The van der Waals surface area contributed by atoms with Crippen molar-refractivity contribution in [2.24, 2.45) is 17.7 Å². The second kappa shape index (κ2) is 6.59. The van der Waals surface area contributed by atoms with Gasteiger partial charge in [-0.1, -0.05) is 26.7 Å². The Balaban J connectivity index is 2.32. The first kappa shape index (κ1) is 14.0. The molecule has 1 aliphatic rings. The first-order valence-electron chi connectivity index (χ1n) is 6.33. The third-order valence-corrected chi connectivity index (χ3v) is 3.79. The molecule has 17 heavy (non-hydrogen) atoms. The number of rotatable bonds is 4. The zero-order valence-electron chi connectivity index (χ0n) is 10.7. The van der Waals surface area contributed by atoms with Crippen LogP contribution in [0.3, 0.4) is 0 Å². The molecule has 4 N–H and O–H groups in total. The molecule has 5 heteroatoms. The molecule has 1 rings (SSSR count). The van der Waals surface area contributed by atoms with Gasteiger partial charge in [-0.25, -0.2) is 5.84 Å². The van der Waals surface area contributed by atoms with Gasteiger partial charge < -0.3 is 5.32 Å². The molecule has 5 nitrogen and oxygen atoms in total. The van der Waals surface area contributed by atoms with Crippen molar-refractivity contribution in [1.82, 2.24) is 10.7 Å². The molecule has 0 aromatic heterocycles. The normalized spacial score (nSPS) is 28.5. The summed E-state index contributed by atoms with van der Waals surface area (Å²) in [6.07, 6.45) is 3.81. The average Bonchev–Trinajstić information content (AvgIpc) is 2.32. The first-order valence-corrected chi connectivity index (χ1v) is 6.33. The number of nitrogens with two attached hydrogens (primary N) is 1. The Hall–Kier alpha value is -1.10. The summed E-state index contributed by atoms with van der Waals surface area (Å²) in [4.78, 5) is 22.6. The smallest absolute Gasteiger partial charge is 0.234 e. The van der Waals surface area contributed by atoms with Crippen molar-refractivity contribution in [3.05, 3.63) is 0 Å². The molecule has 0 saturated heterocycles. The highest BCUT2D eigenvalue weighted by Crippen LogP contribution is 2.29. The highest BCUT2D eigenvalue weighted by Gasteiger charge is 2.27. The van der Waals surface area contributed by atoms with Gasteiger partial charge in [0.1, 0.15) is 0 Å². The summed E-state index contributed by atoms with van der Waals surface area (Å²) in [5.41, 5.74) is 2.02. The summed E-state index contributed by atoms with van der Waals surface area (Å²) in [6.45, 7) is 4.41. The van der Waals surface area contributed by atoms with Crippen LogP contribution in [0, 0.1) is 11.8 Å². The highest BCUT2D eigenvalue weighted by atomic mass is 16.2. The van der Waals surface area contributed by atoms with E-state index in [2.05, 4.69) is 19.2 Å². The molecule has 0 aromatic carbocycles. The lowest BCUT2D eigenvalue weighted by molar-refractivity contribution is -0.127. The Kier molecular flexibility index (Phi) is 5.41. The van der Waals surface area contributed by atoms with Gasteiger partial charge >= 0.3 is 0 Å². The molecule has 98 valence electrons. The van der Waals surface area contributed by atoms with E-state index < -0.39 is 0 Å². The maximum Gasteiger partial charge on any atom is 0.234 e. The van der Waals surface area contributed by atoms with E-state index in [4.69, 9.17) is 5.84 Å². The number of hydrazine groups is 1. The number of hydrogen-bond donors (Lipinski definition) is 3. The van der Waals surface area contributed by atoms with Crippen LogP contribution < -0.4 is 16.6 Å². The van der Waals surface area contributed by atoms with Crippen molar-refractivity contribution < 1.29 is 9.59 Å². The molecular weight excluding hydrogens is 218 g/mol. The number of nitrogens with one attached hydrogen (secondary N) is 2. The Bertz CT molecular complexity index is 281. The largest absolute Gasteiger partial charge is 0.353 e. The van der Waals surface area contributed by atoms with Gasteiger partial charge in [0.05, 0.1) is 0 Å². The number of hydrogen-bond acceptors (Lipinski definition) is 3. The molecule has 0 radical (unpaired) electrons. The van der Waals surface area contributed by atoms with Gasteiger partial charge in [0, 0.05) is 18.9 Å². The van der Waals surface area contributed by atoms with Crippen molar-refractivity contribution in [2.75, 3.05) is 0 Å². The van der Waals surface area contributed by atoms with E-state index in [9.17, 15) is 9.59 Å². The monoisotopic (exact) mass is 241 g/mol. The van der Waals surface area contributed by atoms with E-state index in [0.717, 1.165) is 6.42 Å². The van der Waals surface area contributed by atoms with Gasteiger partial charge in [-0.05, 0) is 18.3 Å². The molecular formula is C12H23N3O2. The number of carbonyl (C=O) groups excluding carboxylic acids is 2. The fourth-order valence-electron chi connectivity index (χ4n) is 2.36. The fraction of sp³-hybridized carbons (Fsp3) is 0.833. The number of carbonyl (C=O) groups is 2. The van der Waals surface area contributed by atoms with Crippen molar-refractivity contribution in [1.29, 1.82) is 0 Å². The van der Waals surface area contributed by atoms with Crippen molar-refractivity contribution >= 4 is 11.8 Å². The molecule has 2 amide bonds. The molecule has 0 aromatic rings. The second-order valence-electron chi connectivity index (χ2n) is 5.01. The van der Waals surface area contributed by atoms with Crippen LogP contribution in [0.5, 0.6) is 0 Å². The van der Waals surface area contributed by atoms with Crippen LogP contribution in [0.25, 0.3) is 0 Å². The molecule has 3 unspecified atom stereocenters. The van der Waals surface area contributed by atoms with Gasteiger partial charge in [-0.3, -0.25) is 15.0 Å². The van der Waals surface area contributed by atoms with E-state index in [1.54, 1.807) is 0 Å². The van der Waals surface area contributed by atoms with E-state index >= 15 is 0 Å². The molecule has 0 aliphatic heterocycles. The summed E-state index contributed by atoms with van der Waals surface area (Å²) in [7, 11) is 0. The Morgan fingerprint density at radius 2 is 1.82 bits per heavy atom. The predicted molar refractivity (Wildman–Crippen MR) is 65.7 cm³/mol. The van der Waals surface area contributed by atoms with Crippen molar-refractivity contribution in [3.63, 3.8) is 0 Å². The Morgan fingerprint density at radius 3 is 2.47 bits per heavy atom. The van der Waals surface area contributed by atoms with Crippen LogP contribution >= 0.6 is 0 Å². The average molecular weight is 241 g/mol. The van der Waals surface area contributed by atoms with Gasteiger partial charge in [0.25, 0.3) is 0 Å². The van der Waals surface area contributed by atoms with Crippen molar-refractivity contribution in [2.45, 2.75) is 52.0 Å². The van der Waals surface area contributed by atoms with Crippen LogP contribution in [-0.4, -0.2) is 17.9 Å².